The highest BCUT2D eigenvalue weighted by Gasteiger charge is 2.03. The zero-order valence-corrected chi connectivity index (χ0v) is 10.7. The zero-order valence-electron chi connectivity index (χ0n) is 10.7. The van der Waals surface area contributed by atoms with E-state index < -0.39 is 0 Å². The number of fused-ring (bicyclic) bond motifs is 1. The molecule has 2 heteroatoms. The Morgan fingerprint density at radius 2 is 1.79 bits per heavy atom. The predicted octanol–water partition coefficient (Wildman–Crippen LogP) is 5.26. The van der Waals surface area contributed by atoms with Crippen molar-refractivity contribution in [3.63, 3.8) is 0 Å². The van der Waals surface area contributed by atoms with Crippen molar-refractivity contribution in [1.29, 1.82) is 0 Å². The minimum absolute atomic E-state index is 0.812. The van der Waals surface area contributed by atoms with Crippen molar-refractivity contribution < 1.29 is 9.15 Å². The monoisotopic (exact) mass is 250 g/mol. The van der Waals surface area contributed by atoms with Crippen molar-refractivity contribution in [2.45, 2.75) is 6.92 Å². The quantitative estimate of drug-likeness (QED) is 0.632. The number of benzene rings is 2. The van der Waals surface area contributed by atoms with Crippen LogP contribution in [-0.4, -0.2) is 0 Å². The molecular formula is C17H14O2. The second-order valence-electron chi connectivity index (χ2n) is 4.26. The van der Waals surface area contributed by atoms with Crippen LogP contribution in [0.4, 0.5) is 0 Å². The fourth-order valence-corrected chi connectivity index (χ4v) is 1.98. The van der Waals surface area contributed by atoms with Crippen molar-refractivity contribution in [2.24, 2.45) is 0 Å². The van der Waals surface area contributed by atoms with Crippen LogP contribution in [0.25, 0.3) is 17.0 Å². The topological polar surface area (TPSA) is 22.4 Å². The van der Waals surface area contributed by atoms with Gasteiger partial charge in [-0.15, -0.1) is 0 Å². The first-order valence-corrected chi connectivity index (χ1v) is 6.24. The van der Waals surface area contributed by atoms with Crippen LogP contribution in [0.3, 0.4) is 0 Å². The number of furan rings is 1. The Hall–Kier alpha value is -2.48. The lowest BCUT2D eigenvalue weighted by atomic mass is 10.2. The highest BCUT2D eigenvalue weighted by Crippen LogP contribution is 2.27. The van der Waals surface area contributed by atoms with Gasteiger partial charge < -0.3 is 9.15 Å². The Morgan fingerprint density at radius 3 is 2.58 bits per heavy atom. The van der Waals surface area contributed by atoms with Crippen molar-refractivity contribution in [3.8, 4) is 11.5 Å². The predicted molar refractivity (Wildman–Crippen MR) is 77.4 cm³/mol. The van der Waals surface area contributed by atoms with E-state index in [1.165, 1.54) is 0 Å². The molecule has 19 heavy (non-hydrogen) atoms. The first-order chi connectivity index (χ1) is 9.35. The smallest absolute Gasteiger partial charge is 0.135 e. The lowest BCUT2D eigenvalue weighted by Crippen LogP contribution is -1.82. The van der Waals surface area contributed by atoms with E-state index in [0.29, 0.717) is 0 Å². The van der Waals surface area contributed by atoms with E-state index in [1.54, 1.807) is 0 Å². The van der Waals surface area contributed by atoms with Crippen molar-refractivity contribution in [2.75, 3.05) is 0 Å². The van der Waals surface area contributed by atoms with Crippen LogP contribution in [-0.2, 0) is 0 Å². The van der Waals surface area contributed by atoms with Gasteiger partial charge in [0.05, 0.1) is 0 Å². The Balaban J connectivity index is 1.93. The third-order valence-electron chi connectivity index (χ3n) is 2.82. The average molecular weight is 250 g/mol. The van der Waals surface area contributed by atoms with Crippen LogP contribution in [0.5, 0.6) is 11.5 Å². The average Bonchev–Trinajstić information content (AvgIpc) is 2.82. The molecule has 3 rings (SSSR count). The van der Waals surface area contributed by atoms with Gasteiger partial charge in [0.1, 0.15) is 22.8 Å². The molecule has 2 nitrogen and oxygen atoms in total. The summed E-state index contributed by atoms with van der Waals surface area (Å²) in [5.74, 6) is 2.50. The molecule has 0 saturated carbocycles. The van der Waals surface area contributed by atoms with Gasteiger partial charge in [0.25, 0.3) is 0 Å². The summed E-state index contributed by atoms with van der Waals surface area (Å²) in [7, 11) is 0. The second-order valence-corrected chi connectivity index (χ2v) is 4.26. The van der Waals surface area contributed by atoms with Crippen LogP contribution in [0.2, 0.25) is 0 Å². The highest BCUT2D eigenvalue weighted by atomic mass is 16.5. The van der Waals surface area contributed by atoms with E-state index in [2.05, 4.69) is 0 Å². The van der Waals surface area contributed by atoms with Crippen LogP contribution >= 0.6 is 0 Å². The molecule has 0 aliphatic rings. The number of ether oxygens (including phenoxy) is 1. The van der Waals surface area contributed by atoms with Crippen LogP contribution < -0.4 is 4.74 Å². The summed E-state index contributed by atoms with van der Waals surface area (Å²) in [6, 6.07) is 17.6. The molecule has 0 amide bonds. The Bertz CT molecular complexity index is 708. The Kier molecular flexibility index (Phi) is 3.07. The molecule has 1 aromatic heterocycles. The third-order valence-corrected chi connectivity index (χ3v) is 2.82. The molecule has 0 radical (unpaired) electrons. The molecule has 0 atom stereocenters. The lowest BCUT2D eigenvalue weighted by Gasteiger charge is -2.04. The number of allylic oxidation sites excluding steroid dienone is 1. The number of hydrogen-bond acceptors (Lipinski definition) is 2. The summed E-state index contributed by atoms with van der Waals surface area (Å²) in [5.41, 5.74) is 0.869. The van der Waals surface area contributed by atoms with Gasteiger partial charge in [-0.05, 0) is 49.4 Å². The SMILES string of the molecule is C/C=C/c1cc2cc(Oc3ccccc3)ccc2o1. The molecule has 2 aromatic carbocycles. The molecule has 1 heterocycles. The van der Waals surface area contributed by atoms with Gasteiger partial charge in [-0.25, -0.2) is 0 Å². The largest absolute Gasteiger partial charge is 0.457 e. The summed E-state index contributed by atoms with van der Waals surface area (Å²) >= 11 is 0. The normalized spacial score (nSPS) is 11.2. The first-order valence-electron chi connectivity index (χ1n) is 6.24. The van der Waals surface area contributed by atoms with Gasteiger partial charge in [0.2, 0.25) is 0 Å². The van der Waals surface area contributed by atoms with Crippen LogP contribution in [0, 0.1) is 0 Å². The fourth-order valence-electron chi connectivity index (χ4n) is 1.98. The minimum Gasteiger partial charge on any atom is -0.457 e. The van der Waals surface area contributed by atoms with Crippen LogP contribution in [0.15, 0.2) is 65.1 Å². The maximum atomic E-state index is 5.80. The van der Waals surface area contributed by atoms with E-state index in [-0.39, 0.29) is 0 Å². The van der Waals surface area contributed by atoms with Crippen molar-refractivity contribution in [3.05, 3.63) is 66.4 Å². The molecule has 3 aromatic rings. The van der Waals surface area contributed by atoms with Gasteiger partial charge in [-0.3, -0.25) is 0 Å². The molecule has 0 aliphatic heterocycles. The van der Waals surface area contributed by atoms with E-state index in [4.69, 9.17) is 9.15 Å². The van der Waals surface area contributed by atoms with Crippen LogP contribution in [0.1, 0.15) is 12.7 Å². The van der Waals surface area contributed by atoms with Crippen molar-refractivity contribution in [1.82, 2.24) is 0 Å². The molecule has 0 saturated heterocycles. The minimum atomic E-state index is 0.812. The summed E-state index contributed by atoms with van der Waals surface area (Å²) in [6.45, 7) is 1.97. The van der Waals surface area contributed by atoms with Gasteiger partial charge in [0.15, 0.2) is 0 Å². The van der Waals surface area contributed by atoms with E-state index in [9.17, 15) is 0 Å². The maximum absolute atomic E-state index is 5.80. The standard InChI is InChI=1S/C17H14O2/c1-2-6-15-11-13-12-16(9-10-17(13)19-15)18-14-7-4-3-5-8-14/h2-12H,1H3/b6-2+. The number of para-hydroxylation sites is 1. The highest BCUT2D eigenvalue weighted by molar-refractivity contribution is 5.81. The van der Waals surface area contributed by atoms with Gasteiger partial charge >= 0.3 is 0 Å². The van der Waals surface area contributed by atoms with Crippen molar-refractivity contribution >= 4 is 17.0 Å². The lowest BCUT2D eigenvalue weighted by molar-refractivity contribution is 0.483. The van der Waals surface area contributed by atoms with Gasteiger partial charge in [-0.2, -0.15) is 0 Å². The Labute approximate surface area is 111 Å². The van der Waals surface area contributed by atoms with E-state index >= 15 is 0 Å². The molecule has 0 fully saturated rings. The molecule has 0 spiro atoms. The van der Waals surface area contributed by atoms with Gasteiger partial charge in [-0.1, -0.05) is 24.3 Å². The second kappa shape index (κ2) is 5.02. The molecule has 0 bridgehead atoms. The fraction of sp³-hybridized carbons (Fsp3) is 0.0588. The maximum Gasteiger partial charge on any atom is 0.135 e. The summed E-state index contributed by atoms with van der Waals surface area (Å²) in [4.78, 5) is 0. The summed E-state index contributed by atoms with van der Waals surface area (Å²) in [5, 5.41) is 1.04. The molecular weight excluding hydrogens is 236 g/mol. The molecule has 0 aliphatic carbocycles. The Morgan fingerprint density at radius 1 is 0.947 bits per heavy atom. The number of hydrogen-bond donors (Lipinski definition) is 0. The zero-order chi connectivity index (χ0) is 13.1. The van der Waals surface area contributed by atoms with E-state index in [0.717, 1.165) is 28.2 Å². The number of rotatable bonds is 3. The van der Waals surface area contributed by atoms with E-state index in [1.807, 2.05) is 73.7 Å². The summed E-state index contributed by atoms with van der Waals surface area (Å²) in [6.07, 6.45) is 3.90. The first kappa shape index (κ1) is 11.6. The van der Waals surface area contributed by atoms with Gasteiger partial charge in [0, 0.05) is 5.39 Å². The molecule has 0 N–H and O–H groups in total. The third kappa shape index (κ3) is 2.52. The molecule has 94 valence electrons. The molecule has 0 unspecified atom stereocenters. The summed E-state index contributed by atoms with van der Waals surface area (Å²) < 4.78 is 11.5.